The van der Waals surface area contributed by atoms with Crippen LogP contribution in [-0.2, 0) is 32.5 Å². The van der Waals surface area contributed by atoms with Crippen LogP contribution in [0, 0.1) is 6.92 Å². The summed E-state index contributed by atoms with van der Waals surface area (Å²) in [7, 11) is -3.95. The maximum atomic E-state index is 13.9. The van der Waals surface area contributed by atoms with Crippen molar-refractivity contribution >= 4 is 38.4 Å². The molecule has 6 rings (SSSR count). The van der Waals surface area contributed by atoms with Crippen molar-refractivity contribution in [2.24, 2.45) is 0 Å². The molecule has 0 spiro atoms. The Bertz CT molecular complexity index is 1850. The third-order valence-corrected chi connectivity index (χ3v) is 9.30. The molecular weight excluding hydrogens is 566 g/mol. The number of anilines is 1. The van der Waals surface area contributed by atoms with Gasteiger partial charge in [0.2, 0.25) is 15.9 Å². The van der Waals surface area contributed by atoms with E-state index in [0.717, 1.165) is 11.1 Å². The number of ether oxygens (including phenoxy) is 2. The van der Waals surface area contributed by atoms with E-state index in [1.165, 1.54) is 0 Å². The number of hydrogen-bond donors (Lipinski definition) is 1. The number of aryl methyl sites for hydroxylation is 1. The molecule has 0 saturated heterocycles. The minimum absolute atomic E-state index is 0.225. The van der Waals surface area contributed by atoms with Crippen molar-refractivity contribution in [3.05, 3.63) is 94.7 Å². The van der Waals surface area contributed by atoms with Crippen LogP contribution in [-0.4, -0.2) is 38.4 Å². The van der Waals surface area contributed by atoms with Gasteiger partial charge in [0, 0.05) is 22.8 Å². The number of nitrogens with one attached hydrogen (secondary N) is 1. The number of carbonyl (C=O) groups is 2. The fourth-order valence-corrected chi connectivity index (χ4v) is 7.13. The largest absolute Gasteiger partial charge is 0.492 e. The average Bonchev–Trinajstić information content (AvgIpc) is 3.74. The highest BCUT2D eigenvalue weighted by Gasteiger charge is 2.52. The molecule has 1 aliphatic heterocycles. The summed E-state index contributed by atoms with van der Waals surface area (Å²) in [5, 5.41) is 0.710. The molecule has 0 radical (unpaired) electrons. The molecule has 1 saturated carbocycles. The lowest BCUT2D eigenvalue weighted by Gasteiger charge is -2.20. The highest BCUT2D eigenvalue weighted by atomic mass is 32.2. The average molecular weight is 600 g/mol. The molecule has 0 bridgehead atoms. The van der Waals surface area contributed by atoms with E-state index in [-0.39, 0.29) is 18.2 Å². The fraction of sp³-hybridized carbons (Fsp3) is 0.303. The number of nitrogens with zero attached hydrogens (tertiary/aromatic N) is 2. The molecule has 0 unspecified atom stereocenters. The molecule has 43 heavy (non-hydrogen) atoms. The lowest BCUT2D eigenvalue weighted by atomic mass is 9.96. The predicted octanol–water partition coefficient (Wildman–Crippen LogP) is 5.18. The van der Waals surface area contributed by atoms with Gasteiger partial charge >= 0.3 is 0 Å². The summed E-state index contributed by atoms with van der Waals surface area (Å²) < 4.78 is 40.4. The Kier molecular flexibility index (Phi) is 7.33. The van der Waals surface area contributed by atoms with E-state index in [1.807, 2.05) is 57.2 Å². The van der Waals surface area contributed by atoms with Gasteiger partial charge in [-0.25, -0.2) is 8.42 Å². The number of carbonyl (C=O) groups excluding carboxylic acids is 2. The molecule has 1 aromatic heterocycles. The van der Waals surface area contributed by atoms with Crippen LogP contribution in [0.25, 0.3) is 10.9 Å². The zero-order valence-corrected chi connectivity index (χ0v) is 25.2. The smallest absolute Gasteiger partial charge is 0.262 e. The van der Waals surface area contributed by atoms with Crippen LogP contribution in [0.15, 0.2) is 66.9 Å². The van der Waals surface area contributed by atoms with Crippen LogP contribution in [0.5, 0.6) is 11.5 Å². The third-order valence-electron chi connectivity index (χ3n) is 8.09. The number of rotatable bonds is 10. The molecule has 1 fully saturated rings. The van der Waals surface area contributed by atoms with E-state index in [2.05, 4.69) is 9.71 Å². The van der Waals surface area contributed by atoms with Crippen molar-refractivity contribution in [3.8, 4) is 11.5 Å². The van der Waals surface area contributed by atoms with Gasteiger partial charge < -0.3 is 14.4 Å². The first-order chi connectivity index (χ1) is 20.7. The number of fused-ring (bicyclic) bond motifs is 2. The van der Waals surface area contributed by atoms with Crippen LogP contribution < -0.4 is 19.1 Å². The van der Waals surface area contributed by atoms with Crippen LogP contribution in [0.4, 0.5) is 5.69 Å². The Balaban J connectivity index is 1.26. The molecule has 0 atom stereocenters. The summed E-state index contributed by atoms with van der Waals surface area (Å²) in [5.41, 5.74) is 3.71. The maximum absolute atomic E-state index is 13.9. The Morgan fingerprint density at radius 1 is 1.00 bits per heavy atom. The molecule has 2 aliphatic rings. The Morgan fingerprint density at radius 2 is 1.72 bits per heavy atom. The topological polar surface area (TPSA) is 115 Å². The summed E-state index contributed by atoms with van der Waals surface area (Å²) >= 11 is 0. The first-order valence-electron chi connectivity index (χ1n) is 14.4. The summed E-state index contributed by atoms with van der Waals surface area (Å²) in [4.78, 5) is 33.2. The Hall–Kier alpha value is -4.44. The quantitative estimate of drug-likeness (QED) is 0.267. The van der Waals surface area contributed by atoms with Gasteiger partial charge in [-0.1, -0.05) is 42.5 Å². The van der Waals surface area contributed by atoms with Crippen molar-refractivity contribution < 1.29 is 27.5 Å². The van der Waals surface area contributed by atoms with Gasteiger partial charge in [0.05, 0.1) is 36.5 Å². The minimum atomic E-state index is -3.95. The lowest BCUT2D eigenvalue weighted by molar-refractivity contribution is -0.121. The van der Waals surface area contributed by atoms with Crippen molar-refractivity contribution in [1.82, 2.24) is 9.71 Å². The number of amides is 2. The normalized spacial score (nSPS) is 15.3. The second-order valence-corrected chi connectivity index (χ2v) is 12.7. The van der Waals surface area contributed by atoms with Gasteiger partial charge in [-0.05, 0) is 68.5 Å². The molecule has 4 aromatic rings. The number of pyridine rings is 1. The molecule has 2 amide bonds. The lowest BCUT2D eigenvalue weighted by Crippen LogP contribution is -2.39. The molecule has 2 heterocycles. The highest BCUT2D eigenvalue weighted by molar-refractivity contribution is 7.89. The monoisotopic (exact) mass is 599 g/mol. The standard InChI is InChI=1S/C33H33N3O6S/c1-4-41-29-24-12-9-17-34-28(24)30(42-5-2)25-19-36(31(37)27(25)29)26-14-13-22(18-21(26)3)20-43(39,40)35-32(38)33(15-16-33)23-10-7-6-8-11-23/h6-14,17-18H,4-5,15-16,19-20H2,1-3H3,(H,35,38). The van der Waals surface area contributed by atoms with E-state index < -0.39 is 21.3 Å². The molecule has 3 aromatic carbocycles. The van der Waals surface area contributed by atoms with Gasteiger partial charge in [0.15, 0.2) is 5.75 Å². The van der Waals surface area contributed by atoms with Crippen molar-refractivity contribution in [2.45, 2.75) is 51.3 Å². The second-order valence-electron chi connectivity index (χ2n) is 10.9. The van der Waals surface area contributed by atoms with Gasteiger partial charge in [-0.2, -0.15) is 0 Å². The Morgan fingerprint density at radius 3 is 2.40 bits per heavy atom. The fourth-order valence-electron chi connectivity index (χ4n) is 5.96. The number of aromatic nitrogens is 1. The number of sulfonamides is 1. The van der Waals surface area contributed by atoms with Crippen molar-refractivity contribution in [2.75, 3.05) is 18.1 Å². The summed E-state index contributed by atoms with van der Waals surface area (Å²) in [5.74, 6) is -0.0380. The van der Waals surface area contributed by atoms with Gasteiger partial charge in [-0.3, -0.25) is 19.3 Å². The van der Waals surface area contributed by atoms with E-state index in [4.69, 9.17) is 9.47 Å². The molecule has 1 N–H and O–H groups in total. The zero-order valence-electron chi connectivity index (χ0n) is 24.3. The third kappa shape index (κ3) is 5.09. The maximum Gasteiger partial charge on any atom is 0.262 e. The molecule has 1 aliphatic carbocycles. The van der Waals surface area contributed by atoms with E-state index >= 15 is 0 Å². The minimum Gasteiger partial charge on any atom is -0.492 e. The Labute approximate surface area is 250 Å². The molecular formula is C33H33N3O6S. The predicted molar refractivity (Wildman–Crippen MR) is 164 cm³/mol. The zero-order chi connectivity index (χ0) is 30.4. The first kappa shape index (κ1) is 28.7. The summed E-state index contributed by atoms with van der Waals surface area (Å²) in [6.45, 7) is 6.63. The SMILES string of the molecule is CCOc1c2c(c(OCC)c3ncccc13)CN(c1ccc(CS(=O)(=O)NC(=O)C3(c4ccccc4)CC3)cc1C)C2=O. The van der Waals surface area contributed by atoms with Gasteiger partial charge in [-0.15, -0.1) is 0 Å². The highest BCUT2D eigenvalue weighted by Crippen LogP contribution is 2.49. The summed E-state index contributed by atoms with van der Waals surface area (Å²) in [6.07, 6.45) is 2.91. The van der Waals surface area contributed by atoms with Crippen molar-refractivity contribution in [1.29, 1.82) is 0 Å². The number of hydrogen-bond acceptors (Lipinski definition) is 7. The van der Waals surface area contributed by atoms with E-state index in [9.17, 15) is 18.0 Å². The van der Waals surface area contributed by atoms with Crippen LogP contribution >= 0.6 is 0 Å². The van der Waals surface area contributed by atoms with Crippen LogP contribution in [0.3, 0.4) is 0 Å². The number of benzene rings is 3. The second kappa shape index (κ2) is 11.0. The van der Waals surface area contributed by atoms with Crippen LogP contribution in [0.2, 0.25) is 0 Å². The van der Waals surface area contributed by atoms with Gasteiger partial charge in [0.1, 0.15) is 11.3 Å². The van der Waals surface area contributed by atoms with E-state index in [0.29, 0.717) is 70.8 Å². The first-order valence-corrected chi connectivity index (χ1v) is 16.0. The van der Waals surface area contributed by atoms with Crippen molar-refractivity contribution in [3.63, 3.8) is 0 Å². The molecule has 9 nitrogen and oxygen atoms in total. The molecule has 222 valence electrons. The van der Waals surface area contributed by atoms with Crippen LogP contribution in [0.1, 0.15) is 59.3 Å². The summed E-state index contributed by atoms with van der Waals surface area (Å²) in [6, 6.07) is 18.1. The van der Waals surface area contributed by atoms with E-state index in [1.54, 1.807) is 35.4 Å². The molecule has 10 heteroatoms. The van der Waals surface area contributed by atoms with Gasteiger partial charge in [0.25, 0.3) is 5.91 Å².